The fourth-order valence-electron chi connectivity index (χ4n) is 2.61. The van der Waals surface area contributed by atoms with Gasteiger partial charge in [-0.3, -0.25) is 0 Å². The molecule has 7 heteroatoms. The predicted molar refractivity (Wildman–Crippen MR) is 80.0 cm³/mol. The quantitative estimate of drug-likeness (QED) is 0.627. The number of halogens is 1. The number of hydrogen-bond acceptors (Lipinski definition) is 4. The van der Waals surface area contributed by atoms with Crippen LogP contribution in [0.4, 0.5) is 0 Å². The van der Waals surface area contributed by atoms with Crippen LogP contribution in [0.3, 0.4) is 0 Å². The summed E-state index contributed by atoms with van der Waals surface area (Å²) in [4.78, 5) is 12.2. The molecule has 1 aliphatic rings. The molecule has 2 rings (SSSR count). The smallest absolute Gasteiger partial charge is 0.355 e. The number of ether oxygens (including phenoxy) is 1. The molecule has 1 fully saturated rings. The maximum Gasteiger partial charge on any atom is 0.355 e. The van der Waals surface area contributed by atoms with Crippen molar-refractivity contribution in [3.8, 4) is 0 Å². The predicted octanol–water partition coefficient (Wildman–Crippen LogP) is 3.17. The van der Waals surface area contributed by atoms with Crippen LogP contribution in [0.25, 0.3) is 0 Å². The molecule has 1 aliphatic carbocycles. The normalized spacial score (nSPS) is 23.0. The monoisotopic (exact) mass is 333 g/mol. The second-order valence-corrected chi connectivity index (χ2v) is 8.14. The van der Waals surface area contributed by atoms with Crippen LogP contribution in [0.1, 0.15) is 50.0 Å². The van der Waals surface area contributed by atoms with Crippen LogP contribution < -0.4 is 0 Å². The fraction of sp³-hybridized carbons (Fsp3) is 0.643. The van der Waals surface area contributed by atoms with E-state index in [1.807, 2.05) is 6.92 Å². The molecule has 0 radical (unpaired) electrons. The van der Waals surface area contributed by atoms with Gasteiger partial charge in [0.05, 0.1) is 0 Å². The lowest BCUT2D eigenvalue weighted by Crippen LogP contribution is -2.24. The first-order valence-corrected chi connectivity index (χ1v) is 9.48. The van der Waals surface area contributed by atoms with E-state index in [1.54, 1.807) is 4.57 Å². The number of esters is 1. The van der Waals surface area contributed by atoms with Crippen molar-refractivity contribution in [2.75, 3.05) is 0 Å². The topological polar surface area (TPSA) is 65.4 Å². The van der Waals surface area contributed by atoms with Gasteiger partial charge >= 0.3 is 5.97 Å². The third-order valence-corrected chi connectivity index (χ3v) is 5.26. The van der Waals surface area contributed by atoms with E-state index in [4.69, 9.17) is 15.4 Å². The first-order chi connectivity index (χ1) is 9.81. The molecule has 0 saturated heterocycles. The van der Waals surface area contributed by atoms with Crippen LogP contribution in [-0.2, 0) is 20.3 Å². The Morgan fingerprint density at radius 1 is 1.38 bits per heavy atom. The van der Waals surface area contributed by atoms with Gasteiger partial charge in [0.2, 0.25) is 0 Å². The Morgan fingerprint density at radius 2 is 2.00 bits per heavy atom. The van der Waals surface area contributed by atoms with Crippen LogP contribution in [-0.4, -0.2) is 25.1 Å². The van der Waals surface area contributed by atoms with Crippen LogP contribution in [0.2, 0.25) is 0 Å². The molecule has 0 atom stereocenters. The van der Waals surface area contributed by atoms with Gasteiger partial charge < -0.3 is 9.30 Å². The van der Waals surface area contributed by atoms with Crippen LogP contribution in [0.5, 0.6) is 0 Å². The van der Waals surface area contributed by atoms with Crippen LogP contribution in [0.15, 0.2) is 17.2 Å². The first kappa shape index (κ1) is 16.4. The Balaban J connectivity index is 2.13. The lowest BCUT2D eigenvalue weighted by Gasteiger charge is -2.26. The molecule has 0 spiro atoms. The van der Waals surface area contributed by atoms with Crippen molar-refractivity contribution in [3.63, 3.8) is 0 Å². The van der Waals surface area contributed by atoms with Crippen molar-refractivity contribution in [1.29, 1.82) is 0 Å². The average Bonchev–Trinajstić information content (AvgIpc) is 2.85. The molecule has 1 heterocycles. The standard InChI is InChI=1S/C14H20ClNO4S/c1-3-16-9-12(21(15,18)19)8-13(16)14(17)20-11-6-4-10(2)5-7-11/h8-11H,3-7H2,1-2H3. The molecule has 1 aromatic heterocycles. The van der Waals surface area contributed by atoms with Crippen molar-refractivity contribution in [1.82, 2.24) is 4.57 Å². The summed E-state index contributed by atoms with van der Waals surface area (Å²) in [5, 5.41) is 0. The summed E-state index contributed by atoms with van der Waals surface area (Å²) in [5.74, 6) is 0.190. The van der Waals surface area contributed by atoms with Gasteiger partial charge in [0.1, 0.15) is 16.7 Å². The fourth-order valence-corrected chi connectivity index (χ4v) is 3.37. The van der Waals surface area contributed by atoms with Gasteiger partial charge in [-0.05, 0) is 44.6 Å². The number of rotatable bonds is 4. The highest BCUT2D eigenvalue weighted by molar-refractivity contribution is 8.13. The van der Waals surface area contributed by atoms with E-state index in [0.29, 0.717) is 12.5 Å². The third-order valence-electron chi connectivity index (χ3n) is 3.94. The Bertz CT molecular complexity index is 615. The molecule has 1 saturated carbocycles. The van der Waals surface area contributed by atoms with Gasteiger partial charge in [0.15, 0.2) is 0 Å². The summed E-state index contributed by atoms with van der Waals surface area (Å²) in [7, 11) is 1.48. The van der Waals surface area contributed by atoms with E-state index in [0.717, 1.165) is 25.7 Å². The molecule has 0 aromatic carbocycles. The Hall–Kier alpha value is -1.01. The minimum Gasteiger partial charge on any atom is -0.458 e. The van der Waals surface area contributed by atoms with Crippen molar-refractivity contribution >= 4 is 25.7 Å². The van der Waals surface area contributed by atoms with Gasteiger partial charge in [-0.1, -0.05) is 6.92 Å². The van der Waals surface area contributed by atoms with E-state index in [9.17, 15) is 13.2 Å². The minimum absolute atomic E-state index is 0.0739. The largest absolute Gasteiger partial charge is 0.458 e. The summed E-state index contributed by atoms with van der Waals surface area (Å²) < 4.78 is 29.8. The second kappa shape index (κ2) is 6.40. The first-order valence-electron chi connectivity index (χ1n) is 7.17. The van der Waals surface area contributed by atoms with E-state index < -0.39 is 15.0 Å². The molecule has 0 unspecified atom stereocenters. The minimum atomic E-state index is -3.84. The average molecular weight is 334 g/mol. The van der Waals surface area contributed by atoms with E-state index in [1.165, 1.54) is 12.3 Å². The molecule has 0 bridgehead atoms. The van der Waals surface area contributed by atoms with Crippen molar-refractivity contribution in [3.05, 3.63) is 18.0 Å². The van der Waals surface area contributed by atoms with Gasteiger partial charge in [-0.25, -0.2) is 13.2 Å². The molecular weight excluding hydrogens is 314 g/mol. The van der Waals surface area contributed by atoms with Gasteiger partial charge in [-0.2, -0.15) is 0 Å². The van der Waals surface area contributed by atoms with E-state index >= 15 is 0 Å². The number of carbonyl (C=O) groups is 1. The summed E-state index contributed by atoms with van der Waals surface area (Å²) in [6, 6.07) is 1.28. The Labute approximate surface area is 129 Å². The molecule has 0 aliphatic heterocycles. The van der Waals surface area contributed by atoms with E-state index in [2.05, 4.69) is 6.92 Å². The number of hydrogen-bond donors (Lipinski definition) is 0. The summed E-state index contributed by atoms with van der Waals surface area (Å²) in [6.45, 7) is 4.49. The molecule has 0 N–H and O–H groups in total. The van der Waals surface area contributed by atoms with Crippen molar-refractivity contribution in [2.24, 2.45) is 5.92 Å². The maximum atomic E-state index is 12.2. The Kier molecular flexibility index (Phi) is 4.99. The number of carbonyl (C=O) groups excluding carboxylic acids is 1. The highest BCUT2D eigenvalue weighted by Crippen LogP contribution is 2.27. The Morgan fingerprint density at radius 3 is 2.52 bits per heavy atom. The van der Waals surface area contributed by atoms with Crippen LogP contribution in [0, 0.1) is 5.92 Å². The highest BCUT2D eigenvalue weighted by Gasteiger charge is 2.25. The lowest BCUT2D eigenvalue weighted by atomic mass is 9.89. The van der Waals surface area contributed by atoms with Crippen molar-refractivity contribution in [2.45, 2.75) is 57.1 Å². The van der Waals surface area contributed by atoms with Gasteiger partial charge in [0.25, 0.3) is 9.05 Å². The number of aromatic nitrogens is 1. The lowest BCUT2D eigenvalue weighted by molar-refractivity contribution is 0.0162. The summed E-state index contributed by atoms with van der Waals surface area (Å²) in [6.07, 6.45) is 5.11. The SMILES string of the molecule is CCn1cc(S(=O)(=O)Cl)cc1C(=O)OC1CCC(C)CC1. The molecule has 0 amide bonds. The zero-order valence-corrected chi connectivity index (χ0v) is 13.8. The zero-order valence-electron chi connectivity index (χ0n) is 12.2. The molecule has 1 aromatic rings. The maximum absolute atomic E-state index is 12.2. The zero-order chi connectivity index (χ0) is 15.6. The van der Waals surface area contributed by atoms with Gasteiger partial charge in [-0.15, -0.1) is 0 Å². The molecule has 5 nitrogen and oxygen atoms in total. The number of nitrogens with zero attached hydrogens (tertiary/aromatic N) is 1. The highest BCUT2D eigenvalue weighted by atomic mass is 35.7. The third kappa shape index (κ3) is 4.01. The summed E-state index contributed by atoms with van der Waals surface area (Å²) >= 11 is 0. The van der Waals surface area contributed by atoms with Crippen molar-refractivity contribution < 1.29 is 17.9 Å². The number of aryl methyl sites for hydroxylation is 1. The summed E-state index contributed by atoms with van der Waals surface area (Å²) in [5.41, 5.74) is 0.232. The molecular formula is C14H20ClNO4S. The van der Waals surface area contributed by atoms with Crippen LogP contribution >= 0.6 is 10.7 Å². The molecule has 21 heavy (non-hydrogen) atoms. The van der Waals surface area contributed by atoms with E-state index in [-0.39, 0.29) is 16.7 Å². The van der Waals surface area contributed by atoms with Gasteiger partial charge in [0, 0.05) is 23.4 Å². The molecule has 118 valence electrons. The second-order valence-electron chi connectivity index (χ2n) is 5.57.